The Morgan fingerprint density at radius 2 is 2.22 bits per heavy atom. The minimum absolute atomic E-state index is 0.196. The van der Waals surface area contributed by atoms with Crippen LogP contribution in [-0.4, -0.2) is 67.8 Å². The molecule has 1 fully saturated rings. The summed E-state index contributed by atoms with van der Waals surface area (Å²) in [6, 6.07) is -0.752. The summed E-state index contributed by atoms with van der Waals surface area (Å²) in [4.78, 5) is 0. The summed E-state index contributed by atoms with van der Waals surface area (Å²) in [5.74, 6) is 0.196. The number of aliphatic hydroxyl groups excluding tert-OH is 3. The molecular weight excluding hydrogens is 259 g/mol. The first-order valence-electron chi connectivity index (χ1n) is 5.41. The smallest absolute Gasteiger partial charge is 0.177 e. The van der Waals surface area contributed by atoms with E-state index in [1.165, 1.54) is 22.5 Å². The molecule has 18 heavy (non-hydrogen) atoms. The van der Waals surface area contributed by atoms with Gasteiger partial charge in [0, 0.05) is 0 Å². The number of aromatic nitrogens is 3. The Balaban J connectivity index is 2.29. The normalized spacial score (nSPS) is 36.7. The molecule has 2 unspecified atom stereocenters. The van der Waals surface area contributed by atoms with Crippen LogP contribution in [0.1, 0.15) is 6.04 Å². The number of ether oxygens (including phenoxy) is 1. The van der Waals surface area contributed by atoms with Gasteiger partial charge in [0.05, 0.1) is 12.8 Å². The van der Waals surface area contributed by atoms with E-state index in [2.05, 4.69) is 10.3 Å². The molecular formula is C8H15BN4O4S. The number of hydrogen-bond acceptors (Lipinski definition) is 8. The number of rotatable bonds is 3. The average molecular weight is 274 g/mol. The zero-order valence-corrected chi connectivity index (χ0v) is 10.6. The first-order valence-corrected chi connectivity index (χ1v) is 6.69. The highest BCUT2D eigenvalue weighted by Crippen LogP contribution is 2.33. The van der Waals surface area contributed by atoms with Crippen LogP contribution in [0.25, 0.3) is 0 Å². The molecule has 1 aliphatic heterocycles. The Labute approximate surface area is 108 Å². The molecule has 8 nitrogen and oxygen atoms in total. The summed E-state index contributed by atoms with van der Waals surface area (Å²) >= 11 is 1.29. The number of nitrogens with zero attached hydrogens (tertiary/aromatic N) is 3. The second-order valence-corrected chi connectivity index (χ2v) is 4.99. The third kappa shape index (κ3) is 2.34. The van der Waals surface area contributed by atoms with Gasteiger partial charge in [0.25, 0.3) is 0 Å². The maximum absolute atomic E-state index is 10.2. The third-order valence-electron chi connectivity index (χ3n) is 2.91. The Hall–Kier alpha value is -0.805. The monoisotopic (exact) mass is 274 g/mol. The molecule has 5 N–H and O–H groups in total. The molecule has 0 aliphatic carbocycles. The van der Waals surface area contributed by atoms with E-state index in [0.29, 0.717) is 0 Å². The van der Waals surface area contributed by atoms with Gasteiger partial charge in [-0.25, -0.2) is 4.68 Å². The molecule has 1 saturated heterocycles. The van der Waals surface area contributed by atoms with Gasteiger partial charge >= 0.3 is 0 Å². The van der Waals surface area contributed by atoms with E-state index in [1.54, 1.807) is 7.12 Å². The summed E-state index contributed by atoms with van der Waals surface area (Å²) in [5, 5.41) is 36.8. The predicted octanol–water partition coefficient (Wildman–Crippen LogP) is -2.88. The lowest BCUT2D eigenvalue weighted by Crippen LogP contribution is -2.55. The van der Waals surface area contributed by atoms with Crippen LogP contribution >= 0.6 is 11.6 Å². The number of hydrogen-bond donors (Lipinski definition) is 4. The van der Waals surface area contributed by atoms with E-state index >= 15 is 0 Å². The average Bonchev–Trinajstić information content (AvgIpc) is 2.76. The largest absolute Gasteiger partial charge is 0.394 e. The van der Waals surface area contributed by atoms with Crippen LogP contribution in [0.5, 0.6) is 0 Å². The number of nitrogen functional groups attached to an aromatic ring is 1. The molecule has 1 aliphatic rings. The fourth-order valence-electron chi connectivity index (χ4n) is 2.01. The van der Waals surface area contributed by atoms with Crippen LogP contribution in [0, 0.1) is 0 Å². The molecule has 100 valence electrons. The molecule has 0 amide bonds. The Kier molecular flexibility index (Phi) is 4.12. The van der Waals surface area contributed by atoms with Gasteiger partial charge in [-0.2, -0.15) is 11.6 Å². The van der Waals surface area contributed by atoms with Crippen molar-refractivity contribution in [3.05, 3.63) is 6.20 Å². The maximum Gasteiger partial charge on any atom is 0.177 e. The zero-order valence-electron chi connectivity index (χ0n) is 9.75. The van der Waals surface area contributed by atoms with Crippen molar-refractivity contribution in [1.29, 1.82) is 0 Å². The van der Waals surface area contributed by atoms with Crippen LogP contribution < -0.4 is 5.73 Å². The molecule has 0 aromatic carbocycles. The van der Waals surface area contributed by atoms with Crippen molar-refractivity contribution < 1.29 is 20.1 Å². The zero-order chi connectivity index (χ0) is 13.3. The lowest BCUT2D eigenvalue weighted by Gasteiger charge is -2.41. The van der Waals surface area contributed by atoms with Crippen LogP contribution in [0.4, 0.5) is 5.82 Å². The molecule has 2 rings (SSSR count). The van der Waals surface area contributed by atoms with Gasteiger partial charge in [-0.15, -0.1) is 5.10 Å². The van der Waals surface area contributed by atoms with Crippen molar-refractivity contribution in [1.82, 2.24) is 15.0 Å². The van der Waals surface area contributed by atoms with Gasteiger partial charge in [-0.1, -0.05) is 5.21 Å². The van der Waals surface area contributed by atoms with Crippen molar-refractivity contribution in [2.24, 2.45) is 0 Å². The Morgan fingerprint density at radius 3 is 2.72 bits per heavy atom. The van der Waals surface area contributed by atoms with Gasteiger partial charge in [-0.05, 0) is 0 Å². The lowest BCUT2D eigenvalue weighted by molar-refractivity contribution is -0.178. The molecule has 0 saturated carbocycles. The van der Waals surface area contributed by atoms with Crippen molar-refractivity contribution >= 4 is 24.6 Å². The van der Waals surface area contributed by atoms with Gasteiger partial charge < -0.3 is 25.8 Å². The highest BCUT2D eigenvalue weighted by atomic mass is 32.2. The van der Waals surface area contributed by atoms with Crippen LogP contribution in [0.2, 0.25) is 0 Å². The molecule has 1 aromatic rings. The molecule has 0 radical (unpaired) electrons. The van der Waals surface area contributed by atoms with Crippen molar-refractivity contribution in [3.63, 3.8) is 0 Å². The minimum atomic E-state index is -1.09. The molecule has 1 aromatic heterocycles. The highest BCUT2D eigenvalue weighted by molar-refractivity contribution is 8.20. The summed E-state index contributed by atoms with van der Waals surface area (Å²) in [7, 11) is 1.77. The number of anilines is 1. The summed E-state index contributed by atoms with van der Waals surface area (Å²) in [5.41, 5.74) is 4.91. The quantitative estimate of drug-likeness (QED) is 0.433. The van der Waals surface area contributed by atoms with E-state index in [0.717, 1.165) is 0 Å². The highest BCUT2D eigenvalue weighted by Gasteiger charge is 2.45. The Bertz CT molecular complexity index is 392. The SMILES string of the molecule is BS[C@H]1OC(CO)[C@H](O)[C@H](n2cc(N)nn2)C1O. The van der Waals surface area contributed by atoms with Gasteiger partial charge in [0.1, 0.15) is 29.8 Å². The standard InChI is InChI=1S/C8H15BN4O4S/c9-18-8-7(16)5(6(15)3(2-14)17-8)13-1-4(10)11-12-13/h1,3,5-8,14-16H,2,9-10H2/t3?,5-,6-,7?,8+/m0/s1. The van der Waals surface area contributed by atoms with Crippen LogP contribution in [-0.2, 0) is 4.74 Å². The van der Waals surface area contributed by atoms with E-state index < -0.39 is 29.8 Å². The maximum atomic E-state index is 10.2. The molecule has 0 bridgehead atoms. The first kappa shape index (κ1) is 13.6. The second-order valence-electron chi connectivity index (χ2n) is 4.06. The van der Waals surface area contributed by atoms with Crippen LogP contribution in [0.3, 0.4) is 0 Å². The Morgan fingerprint density at radius 1 is 1.50 bits per heavy atom. The summed E-state index contributed by atoms with van der Waals surface area (Å²) in [6.45, 7) is -0.342. The molecule has 0 spiro atoms. The summed E-state index contributed by atoms with van der Waals surface area (Å²) < 4.78 is 6.69. The fourth-order valence-corrected chi connectivity index (χ4v) is 2.70. The van der Waals surface area contributed by atoms with Crippen molar-refractivity contribution in [2.45, 2.75) is 29.8 Å². The van der Waals surface area contributed by atoms with E-state index in [1.807, 2.05) is 0 Å². The first-order chi connectivity index (χ1) is 8.58. The molecule has 10 heteroatoms. The van der Waals surface area contributed by atoms with Gasteiger partial charge in [0.15, 0.2) is 12.9 Å². The number of aliphatic hydroxyl groups is 3. The van der Waals surface area contributed by atoms with Crippen molar-refractivity contribution in [3.8, 4) is 0 Å². The minimum Gasteiger partial charge on any atom is -0.394 e. The van der Waals surface area contributed by atoms with Gasteiger partial charge in [-0.3, -0.25) is 0 Å². The predicted molar refractivity (Wildman–Crippen MR) is 67.4 cm³/mol. The fraction of sp³-hybridized carbons (Fsp3) is 0.750. The molecule has 2 heterocycles. The second kappa shape index (κ2) is 5.45. The third-order valence-corrected chi connectivity index (χ3v) is 3.77. The van der Waals surface area contributed by atoms with Gasteiger partial charge in [0.2, 0.25) is 0 Å². The van der Waals surface area contributed by atoms with E-state index in [9.17, 15) is 15.3 Å². The number of nitrogens with two attached hydrogens (primary N) is 1. The van der Waals surface area contributed by atoms with E-state index in [4.69, 9.17) is 10.5 Å². The lowest BCUT2D eigenvalue weighted by atomic mass is 9.97. The molecule has 5 atom stereocenters. The topological polar surface area (TPSA) is 127 Å². The van der Waals surface area contributed by atoms with Crippen LogP contribution in [0.15, 0.2) is 6.20 Å². The summed E-state index contributed by atoms with van der Waals surface area (Å²) in [6.07, 6.45) is -1.41. The van der Waals surface area contributed by atoms with Crippen molar-refractivity contribution in [2.75, 3.05) is 12.3 Å². The van der Waals surface area contributed by atoms with E-state index in [-0.39, 0.29) is 12.4 Å².